The molecule has 0 aromatic heterocycles. The Bertz CT molecular complexity index is 1100. The van der Waals surface area contributed by atoms with Crippen LogP contribution in [0.25, 0.3) is 0 Å². The summed E-state index contributed by atoms with van der Waals surface area (Å²) in [5.41, 5.74) is 5.85. The van der Waals surface area contributed by atoms with Gasteiger partial charge in [-0.2, -0.15) is 0 Å². The Labute approximate surface area is 175 Å². The summed E-state index contributed by atoms with van der Waals surface area (Å²) in [5.74, 6) is -0.541. The van der Waals surface area contributed by atoms with Gasteiger partial charge in [0.05, 0.1) is 16.2 Å². The summed E-state index contributed by atoms with van der Waals surface area (Å²) < 4.78 is 0. The maximum absolute atomic E-state index is 12.4. The summed E-state index contributed by atoms with van der Waals surface area (Å²) in [7, 11) is 0. The van der Waals surface area contributed by atoms with Crippen molar-refractivity contribution in [2.24, 2.45) is 5.16 Å². The van der Waals surface area contributed by atoms with Crippen LogP contribution in [0.2, 0.25) is 0 Å². The van der Waals surface area contributed by atoms with E-state index in [-0.39, 0.29) is 5.69 Å². The molecule has 6 nitrogen and oxygen atoms in total. The summed E-state index contributed by atoms with van der Waals surface area (Å²) >= 11 is 0. The predicted molar refractivity (Wildman–Crippen MR) is 116 cm³/mol. The Morgan fingerprint density at radius 1 is 0.933 bits per heavy atom. The van der Waals surface area contributed by atoms with Crippen molar-refractivity contribution in [3.63, 3.8) is 0 Å². The quantitative estimate of drug-likeness (QED) is 0.242. The van der Waals surface area contributed by atoms with E-state index in [9.17, 15) is 14.9 Å². The Hall–Kier alpha value is -3.80. The highest BCUT2D eigenvalue weighted by Crippen LogP contribution is 2.18. The second-order valence-electron chi connectivity index (χ2n) is 7.20. The molecule has 6 heteroatoms. The van der Waals surface area contributed by atoms with Crippen molar-refractivity contribution in [2.75, 3.05) is 0 Å². The normalized spacial score (nSPS) is 11.2. The zero-order chi connectivity index (χ0) is 21.7. The lowest BCUT2D eigenvalue weighted by Crippen LogP contribution is -2.11. The first-order valence-corrected chi connectivity index (χ1v) is 9.49. The Morgan fingerprint density at radius 3 is 2.17 bits per heavy atom. The van der Waals surface area contributed by atoms with Gasteiger partial charge in [-0.3, -0.25) is 10.1 Å². The molecule has 0 aliphatic rings. The molecule has 0 saturated heterocycles. The molecular formula is C24H22N2O4. The van der Waals surface area contributed by atoms with E-state index >= 15 is 0 Å². The number of oxime groups is 1. The first-order valence-electron chi connectivity index (χ1n) is 9.49. The number of non-ortho nitro benzene ring substituents is 1. The Morgan fingerprint density at radius 2 is 1.57 bits per heavy atom. The van der Waals surface area contributed by atoms with E-state index < -0.39 is 10.9 Å². The number of carbonyl (C=O) groups excluding carboxylic acids is 1. The number of carbonyl (C=O) groups is 1. The fraction of sp³-hybridized carbons (Fsp3) is 0.167. The fourth-order valence-corrected chi connectivity index (χ4v) is 3.08. The Balaban J connectivity index is 1.90. The van der Waals surface area contributed by atoms with Crippen molar-refractivity contribution in [1.29, 1.82) is 0 Å². The van der Waals surface area contributed by atoms with Crippen LogP contribution >= 0.6 is 0 Å². The summed E-state index contributed by atoms with van der Waals surface area (Å²) in [6, 6.07) is 19.3. The van der Waals surface area contributed by atoms with Gasteiger partial charge in [0.25, 0.3) is 5.69 Å². The van der Waals surface area contributed by atoms with Gasteiger partial charge < -0.3 is 4.84 Å². The highest BCUT2D eigenvalue weighted by molar-refractivity contribution is 6.03. The molecule has 3 rings (SSSR count). The lowest BCUT2D eigenvalue weighted by molar-refractivity contribution is -0.384. The van der Waals surface area contributed by atoms with E-state index in [2.05, 4.69) is 5.16 Å². The molecule has 0 heterocycles. The monoisotopic (exact) mass is 402 g/mol. The van der Waals surface area contributed by atoms with E-state index in [1.165, 1.54) is 12.1 Å². The molecular weight excluding hydrogens is 380 g/mol. The molecule has 30 heavy (non-hydrogen) atoms. The highest BCUT2D eigenvalue weighted by Gasteiger charge is 2.13. The SMILES string of the molecule is Cc1ccc(C(=O)O/N=C(\Cc2ccc([N+](=O)[O-])cc2)c2ccc(C)cc2C)cc1. The molecule has 0 bridgehead atoms. The second kappa shape index (κ2) is 9.13. The second-order valence-corrected chi connectivity index (χ2v) is 7.20. The minimum Gasteiger partial charge on any atom is -0.313 e. The van der Waals surface area contributed by atoms with Crippen molar-refractivity contribution < 1.29 is 14.6 Å². The lowest BCUT2D eigenvalue weighted by Gasteiger charge is -2.11. The highest BCUT2D eigenvalue weighted by atomic mass is 16.7. The number of nitro benzene ring substituents is 1. The molecule has 0 N–H and O–H groups in total. The third kappa shape index (κ3) is 5.17. The number of nitrogens with zero attached hydrogens (tertiary/aromatic N) is 2. The topological polar surface area (TPSA) is 81.8 Å². The zero-order valence-electron chi connectivity index (χ0n) is 17.1. The van der Waals surface area contributed by atoms with Crippen molar-refractivity contribution >= 4 is 17.4 Å². The van der Waals surface area contributed by atoms with E-state index in [0.29, 0.717) is 17.7 Å². The summed E-state index contributed by atoms with van der Waals surface area (Å²) in [4.78, 5) is 28.1. The molecule has 0 aliphatic carbocycles. The standard InChI is InChI=1S/C24H22N2O4/c1-16-4-9-20(10-5-16)24(27)30-25-23(22-13-6-17(2)14-18(22)3)15-19-7-11-21(12-8-19)26(28)29/h4-14H,15H2,1-3H3/b25-23+. The van der Waals surface area contributed by atoms with Gasteiger partial charge in [0, 0.05) is 24.1 Å². The molecule has 0 atom stereocenters. The van der Waals surface area contributed by atoms with Gasteiger partial charge in [-0.1, -0.05) is 58.7 Å². The molecule has 0 spiro atoms. The van der Waals surface area contributed by atoms with Gasteiger partial charge in [0.15, 0.2) is 0 Å². The van der Waals surface area contributed by atoms with E-state index in [1.54, 1.807) is 24.3 Å². The summed E-state index contributed by atoms with van der Waals surface area (Å²) in [6.07, 6.45) is 0.364. The smallest absolute Gasteiger partial charge is 0.313 e. The third-order valence-corrected chi connectivity index (χ3v) is 4.74. The molecule has 0 fully saturated rings. The van der Waals surface area contributed by atoms with Gasteiger partial charge in [0.2, 0.25) is 0 Å². The molecule has 0 radical (unpaired) electrons. The third-order valence-electron chi connectivity index (χ3n) is 4.74. The van der Waals surface area contributed by atoms with Crippen LogP contribution in [0.4, 0.5) is 5.69 Å². The van der Waals surface area contributed by atoms with Crippen LogP contribution in [-0.4, -0.2) is 16.6 Å². The van der Waals surface area contributed by atoms with Gasteiger partial charge in [-0.15, -0.1) is 0 Å². The van der Waals surface area contributed by atoms with Crippen molar-refractivity contribution in [3.05, 3.63) is 110 Å². The van der Waals surface area contributed by atoms with Gasteiger partial charge in [-0.25, -0.2) is 4.79 Å². The van der Waals surface area contributed by atoms with E-state index in [4.69, 9.17) is 4.84 Å². The number of benzene rings is 3. The molecule has 152 valence electrons. The average molecular weight is 402 g/mol. The summed E-state index contributed by atoms with van der Waals surface area (Å²) in [5, 5.41) is 15.1. The van der Waals surface area contributed by atoms with Crippen LogP contribution < -0.4 is 0 Å². The van der Waals surface area contributed by atoms with Crippen LogP contribution in [0.5, 0.6) is 0 Å². The van der Waals surface area contributed by atoms with Crippen LogP contribution in [-0.2, 0) is 11.3 Å². The predicted octanol–water partition coefficient (Wildman–Crippen LogP) is 5.32. The molecule has 0 unspecified atom stereocenters. The number of aryl methyl sites for hydroxylation is 3. The number of hydrogen-bond donors (Lipinski definition) is 0. The number of hydrogen-bond acceptors (Lipinski definition) is 5. The number of rotatable bonds is 6. The first kappa shape index (κ1) is 20.9. The molecule has 0 saturated carbocycles. The molecule has 3 aromatic rings. The van der Waals surface area contributed by atoms with Crippen LogP contribution in [0.15, 0.2) is 71.9 Å². The van der Waals surface area contributed by atoms with Gasteiger partial charge in [0.1, 0.15) is 0 Å². The largest absolute Gasteiger partial charge is 0.365 e. The molecule has 0 amide bonds. The summed E-state index contributed by atoms with van der Waals surface area (Å²) in [6.45, 7) is 5.91. The van der Waals surface area contributed by atoms with E-state index in [1.807, 2.05) is 51.1 Å². The van der Waals surface area contributed by atoms with E-state index in [0.717, 1.165) is 27.8 Å². The zero-order valence-corrected chi connectivity index (χ0v) is 17.1. The minimum atomic E-state index is -0.541. The fourth-order valence-electron chi connectivity index (χ4n) is 3.08. The van der Waals surface area contributed by atoms with Crippen LogP contribution in [0.3, 0.4) is 0 Å². The van der Waals surface area contributed by atoms with Gasteiger partial charge >= 0.3 is 5.97 Å². The maximum atomic E-state index is 12.4. The average Bonchev–Trinajstić information content (AvgIpc) is 2.72. The lowest BCUT2D eigenvalue weighted by atomic mass is 9.97. The van der Waals surface area contributed by atoms with Gasteiger partial charge in [-0.05, 0) is 44.0 Å². The van der Waals surface area contributed by atoms with Crippen LogP contribution in [0, 0.1) is 30.9 Å². The number of nitro groups is 1. The molecule has 3 aromatic carbocycles. The Kier molecular flexibility index (Phi) is 6.37. The van der Waals surface area contributed by atoms with Crippen molar-refractivity contribution in [2.45, 2.75) is 27.2 Å². The first-order chi connectivity index (χ1) is 14.3. The van der Waals surface area contributed by atoms with Crippen LogP contribution in [0.1, 0.15) is 38.2 Å². The minimum absolute atomic E-state index is 0.0227. The molecule has 0 aliphatic heterocycles. The van der Waals surface area contributed by atoms with Crippen molar-refractivity contribution in [3.8, 4) is 0 Å². The van der Waals surface area contributed by atoms with Crippen molar-refractivity contribution in [1.82, 2.24) is 0 Å². The maximum Gasteiger partial charge on any atom is 0.365 e.